The molecule has 0 aliphatic carbocycles. The van der Waals surface area contributed by atoms with Crippen LogP contribution in [-0.4, -0.2) is 36.0 Å². The van der Waals surface area contributed by atoms with E-state index in [9.17, 15) is 0 Å². The highest BCUT2D eigenvalue weighted by Crippen LogP contribution is 2.11. The van der Waals surface area contributed by atoms with E-state index >= 15 is 0 Å². The zero-order chi connectivity index (χ0) is 7.56. The lowest BCUT2D eigenvalue weighted by Gasteiger charge is -2.24. The SMILES string of the molecule is CN1C=C(Br)C=NC1CO. The lowest BCUT2D eigenvalue weighted by atomic mass is 10.4. The molecule has 1 heterocycles. The van der Waals surface area contributed by atoms with Gasteiger partial charge in [0.05, 0.1) is 11.1 Å². The number of aliphatic hydroxyl groups is 1. The number of aliphatic hydroxyl groups excluding tert-OH is 1. The second kappa shape index (κ2) is 3.16. The number of allylic oxidation sites excluding steroid dienone is 1. The van der Waals surface area contributed by atoms with Gasteiger partial charge < -0.3 is 10.0 Å². The zero-order valence-corrected chi connectivity index (χ0v) is 7.24. The topological polar surface area (TPSA) is 35.8 Å². The van der Waals surface area contributed by atoms with Crippen LogP contribution in [0.5, 0.6) is 0 Å². The average molecular weight is 205 g/mol. The van der Waals surface area contributed by atoms with E-state index in [0.29, 0.717) is 0 Å². The molecule has 1 unspecified atom stereocenters. The van der Waals surface area contributed by atoms with Gasteiger partial charge in [-0.1, -0.05) is 0 Å². The van der Waals surface area contributed by atoms with Crippen molar-refractivity contribution in [2.45, 2.75) is 6.17 Å². The Bertz CT molecular complexity index is 179. The van der Waals surface area contributed by atoms with Crippen LogP contribution in [0, 0.1) is 0 Å². The molecule has 0 amide bonds. The van der Waals surface area contributed by atoms with E-state index < -0.39 is 0 Å². The molecule has 4 heteroatoms. The van der Waals surface area contributed by atoms with Crippen LogP contribution < -0.4 is 0 Å². The minimum atomic E-state index is -0.110. The summed E-state index contributed by atoms with van der Waals surface area (Å²) in [6.45, 7) is 0.0593. The first kappa shape index (κ1) is 7.75. The van der Waals surface area contributed by atoms with E-state index in [-0.39, 0.29) is 12.8 Å². The number of hydrogen-bond acceptors (Lipinski definition) is 3. The predicted octanol–water partition coefficient (Wildman–Crippen LogP) is 0.557. The van der Waals surface area contributed by atoms with Crippen molar-refractivity contribution < 1.29 is 5.11 Å². The molecule has 1 aliphatic rings. The maximum absolute atomic E-state index is 8.75. The van der Waals surface area contributed by atoms with Crippen LogP contribution >= 0.6 is 15.9 Å². The molecule has 0 aromatic heterocycles. The van der Waals surface area contributed by atoms with Crippen molar-refractivity contribution in [3.05, 3.63) is 10.7 Å². The molecule has 1 aliphatic heterocycles. The van der Waals surface area contributed by atoms with Crippen LogP contribution in [-0.2, 0) is 0 Å². The van der Waals surface area contributed by atoms with Gasteiger partial charge in [0, 0.05) is 19.5 Å². The van der Waals surface area contributed by atoms with Crippen molar-refractivity contribution in [2.75, 3.05) is 13.7 Å². The smallest absolute Gasteiger partial charge is 0.143 e. The minimum absolute atomic E-state index is 0.0593. The fourth-order valence-corrected chi connectivity index (χ4v) is 1.19. The largest absolute Gasteiger partial charge is 0.392 e. The van der Waals surface area contributed by atoms with Crippen molar-refractivity contribution in [1.82, 2.24) is 4.90 Å². The van der Waals surface area contributed by atoms with Crippen LogP contribution in [0.2, 0.25) is 0 Å². The lowest BCUT2D eigenvalue weighted by molar-refractivity contribution is 0.188. The number of hydrogen-bond donors (Lipinski definition) is 1. The fourth-order valence-electron chi connectivity index (χ4n) is 0.752. The summed E-state index contributed by atoms with van der Waals surface area (Å²) in [5.74, 6) is 0. The summed E-state index contributed by atoms with van der Waals surface area (Å²) in [4.78, 5) is 5.90. The summed E-state index contributed by atoms with van der Waals surface area (Å²) in [6, 6.07) is 0. The van der Waals surface area contributed by atoms with E-state index in [1.807, 2.05) is 18.1 Å². The van der Waals surface area contributed by atoms with E-state index in [4.69, 9.17) is 5.11 Å². The summed E-state index contributed by atoms with van der Waals surface area (Å²) in [6.07, 6.45) is 3.47. The Morgan fingerprint density at radius 3 is 3.10 bits per heavy atom. The monoisotopic (exact) mass is 204 g/mol. The predicted molar refractivity (Wildman–Crippen MR) is 44.1 cm³/mol. The molecule has 1 atom stereocenters. The molecule has 10 heavy (non-hydrogen) atoms. The van der Waals surface area contributed by atoms with Crippen LogP contribution in [0.15, 0.2) is 15.7 Å². The Morgan fingerprint density at radius 2 is 2.60 bits per heavy atom. The highest BCUT2D eigenvalue weighted by Gasteiger charge is 2.11. The van der Waals surface area contributed by atoms with E-state index in [0.717, 1.165) is 4.48 Å². The third-order valence-electron chi connectivity index (χ3n) is 1.33. The second-order valence-corrected chi connectivity index (χ2v) is 3.04. The van der Waals surface area contributed by atoms with Crippen molar-refractivity contribution in [3.63, 3.8) is 0 Å². The molecule has 1 rings (SSSR count). The molecule has 0 radical (unpaired) electrons. The number of likely N-dealkylation sites (N-methyl/N-ethyl adjacent to an activating group) is 1. The molecule has 0 bridgehead atoms. The first-order valence-corrected chi connectivity index (χ1v) is 3.76. The highest BCUT2D eigenvalue weighted by molar-refractivity contribution is 9.12. The molecule has 0 spiro atoms. The first-order valence-electron chi connectivity index (χ1n) is 2.97. The van der Waals surface area contributed by atoms with Gasteiger partial charge in [0.1, 0.15) is 6.17 Å². The van der Waals surface area contributed by atoms with Gasteiger partial charge in [-0.25, -0.2) is 0 Å². The summed E-state index contributed by atoms with van der Waals surface area (Å²) in [5, 5.41) is 8.75. The number of rotatable bonds is 1. The highest BCUT2D eigenvalue weighted by atomic mass is 79.9. The second-order valence-electron chi connectivity index (χ2n) is 2.12. The number of aliphatic imine (C=N–C) groups is 1. The Labute approximate surface area is 68.2 Å². The standard InChI is InChI=1S/C6H9BrN2O/c1-9-3-5(7)2-8-6(9)4-10/h2-3,6,10H,4H2,1H3. The molecule has 0 saturated carbocycles. The Kier molecular flexibility index (Phi) is 2.45. The molecule has 0 fully saturated rings. The fraction of sp³-hybridized carbons (Fsp3) is 0.500. The van der Waals surface area contributed by atoms with Gasteiger partial charge >= 0.3 is 0 Å². The zero-order valence-electron chi connectivity index (χ0n) is 5.66. The van der Waals surface area contributed by atoms with Crippen molar-refractivity contribution in [1.29, 1.82) is 0 Å². The third kappa shape index (κ3) is 1.58. The van der Waals surface area contributed by atoms with Crippen LogP contribution in [0.25, 0.3) is 0 Å². The quantitative estimate of drug-likeness (QED) is 0.678. The average Bonchev–Trinajstić information content (AvgIpc) is 1.88. The number of nitrogens with zero attached hydrogens (tertiary/aromatic N) is 2. The molecule has 0 saturated heterocycles. The van der Waals surface area contributed by atoms with E-state index in [1.54, 1.807) is 6.21 Å². The summed E-state index contributed by atoms with van der Waals surface area (Å²) in [7, 11) is 1.87. The molecular formula is C6H9BrN2O. The van der Waals surface area contributed by atoms with Gasteiger partial charge in [-0.3, -0.25) is 4.99 Å². The van der Waals surface area contributed by atoms with Crippen LogP contribution in [0.4, 0.5) is 0 Å². The van der Waals surface area contributed by atoms with Crippen molar-refractivity contribution in [3.8, 4) is 0 Å². The molecule has 56 valence electrons. The van der Waals surface area contributed by atoms with Gasteiger partial charge in [-0.15, -0.1) is 0 Å². The van der Waals surface area contributed by atoms with Crippen molar-refractivity contribution in [2.24, 2.45) is 4.99 Å². The van der Waals surface area contributed by atoms with Gasteiger partial charge in [0.2, 0.25) is 0 Å². The minimum Gasteiger partial charge on any atom is -0.392 e. The Morgan fingerprint density at radius 1 is 1.90 bits per heavy atom. The molecule has 0 aromatic rings. The molecular weight excluding hydrogens is 196 g/mol. The summed E-state index contributed by atoms with van der Waals surface area (Å²) in [5.41, 5.74) is 0. The molecule has 3 nitrogen and oxygen atoms in total. The van der Waals surface area contributed by atoms with Crippen LogP contribution in [0.3, 0.4) is 0 Å². The van der Waals surface area contributed by atoms with Crippen LogP contribution in [0.1, 0.15) is 0 Å². The first-order chi connectivity index (χ1) is 4.74. The number of halogens is 1. The van der Waals surface area contributed by atoms with Gasteiger partial charge in [0.25, 0.3) is 0 Å². The maximum Gasteiger partial charge on any atom is 0.143 e. The van der Waals surface area contributed by atoms with Crippen molar-refractivity contribution >= 4 is 22.1 Å². The normalized spacial score (nSPS) is 24.9. The summed E-state index contributed by atoms with van der Waals surface area (Å²) >= 11 is 3.27. The van der Waals surface area contributed by atoms with Gasteiger partial charge in [0.15, 0.2) is 0 Å². The molecule has 1 N–H and O–H groups in total. The summed E-state index contributed by atoms with van der Waals surface area (Å²) < 4.78 is 0.930. The Balaban J connectivity index is 2.64. The third-order valence-corrected chi connectivity index (χ3v) is 1.74. The van der Waals surface area contributed by atoms with E-state index in [2.05, 4.69) is 20.9 Å². The lowest BCUT2D eigenvalue weighted by Crippen LogP contribution is -2.31. The van der Waals surface area contributed by atoms with Gasteiger partial charge in [-0.2, -0.15) is 0 Å². The van der Waals surface area contributed by atoms with E-state index in [1.165, 1.54) is 0 Å². The van der Waals surface area contributed by atoms with Gasteiger partial charge in [-0.05, 0) is 15.9 Å². The Hall–Kier alpha value is -0.350. The molecule has 0 aromatic carbocycles. The maximum atomic E-state index is 8.75.